The average molecular weight is 138 g/mol. The van der Waals surface area contributed by atoms with Gasteiger partial charge in [-0.05, 0) is 12.8 Å². The number of rotatable bonds is 3. The Hall–Kier alpha value is -0.970. The van der Waals surface area contributed by atoms with E-state index >= 15 is 0 Å². The van der Waals surface area contributed by atoms with Crippen molar-refractivity contribution in [3.63, 3.8) is 0 Å². The minimum Gasteiger partial charge on any atom is -0.349 e. The normalized spacial score (nSPS) is 8.50. The Labute approximate surface area is 62.2 Å². The van der Waals surface area contributed by atoms with Crippen LogP contribution in [0.5, 0.6) is 0 Å². The molecule has 0 bridgehead atoms. The van der Waals surface area contributed by atoms with Gasteiger partial charge in [-0.1, -0.05) is 5.92 Å². The highest BCUT2D eigenvalue weighted by atomic mass is 16.2. The fourth-order valence-corrected chi connectivity index (χ4v) is 0.552. The Morgan fingerprint density at radius 3 is 2.60 bits per heavy atom. The smallest absolute Gasteiger partial charge is 0.222 e. The molecule has 2 nitrogen and oxygen atoms in total. The summed E-state index contributed by atoms with van der Waals surface area (Å²) in [5.41, 5.74) is 0. The molecular weight excluding hydrogens is 126 g/mol. The van der Waals surface area contributed by atoms with E-state index in [1.807, 2.05) is 0 Å². The Morgan fingerprint density at radius 1 is 1.60 bits per heavy atom. The van der Waals surface area contributed by atoms with Gasteiger partial charge < -0.3 is 4.90 Å². The molecule has 0 aliphatic carbocycles. The maximum atomic E-state index is 10.9. The lowest BCUT2D eigenvalue weighted by Crippen LogP contribution is -2.20. The second-order valence-corrected chi connectivity index (χ2v) is 2.32. The van der Waals surface area contributed by atoms with E-state index in [1.165, 1.54) is 0 Å². The molecule has 0 saturated heterocycles. The van der Waals surface area contributed by atoms with Crippen LogP contribution in [-0.2, 0) is 4.79 Å². The fourth-order valence-electron chi connectivity index (χ4n) is 0.552. The summed E-state index contributed by atoms with van der Waals surface area (Å²) in [4.78, 5) is 12.4. The Kier molecular flexibility index (Phi) is 4.39. The van der Waals surface area contributed by atoms with E-state index < -0.39 is 0 Å². The molecule has 10 heavy (non-hydrogen) atoms. The minimum atomic E-state index is 0.121. The van der Waals surface area contributed by atoms with Crippen LogP contribution in [0.2, 0.25) is 0 Å². The molecule has 55 valence electrons. The number of unbranched alkanes of at least 4 members (excludes halogenated alkanes) is 1. The molecule has 0 saturated carbocycles. The molecule has 0 aromatic heterocycles. The van der Waals surface area contributed by atoms with Gasteiger partial charge in [-0.3, -0.25) is 4.79 Å². The maximum Gasteiger partial charge on any atom is 0.222 e. The van der Waals surface area contributed by atoms with Gasteiger partial charge in [-0.15, -0.1) is 0 Å². The molecule has 0 fully saturated rings. The van der Waals surface area contributed by atoms with Gasteiger partial charge in [0, 0.05) is 26.9 Å². The van der Waals surface area contributed by atoms with Crippen LogP contribution >= 0.6 is 0 Å². The van der Waals surface area contributed by atoms with Crippen molar-refractivity contribution in [2.45, 2.75) is 19.3 Å². The van der Waals surface area contributed by atoms with Crippen molar-refractivity contribution in [2.75, 3.05) is 14.1 Å². The van der Waals surface area contributed by atoms with Crippen molar-refractivity contribution in [1.82, 2.24) is 4.90 Å². The zero-order valence-corrected chi connectivity index (χ0v) is 6.48. The Morgan fingerprint density at radius 2 is 2.20 bits per heavy atom. The molecule has 1 amide bonds. The third-order valence-electron chi connectivity index (χ3n) is 1.19. The van der Waals surface area contributed by atoms with Gasteiger partial charge in [0.2, 0.25) is 5.91 Å². The zero-order valence-electron chi connectivity index (χ0n) is 6.48. The first kappa shape index (κ1) is 9.03. The van der Waals surface area contributed by atoms with E-state index in [9.17, 15) is 4.79 Å². The first-order valence-electron chi connectivity index (χ1n) is 3.28. The zero-order chi connectivity index (χ0) is 7.98. The number of hydrogen-bond donors (Lipinski definition) is 0. The molecule has 0 aliphatic rings. The van der Waals surface area contributed by atoms with Crippen LogP contribution in [0.3, 0.4) is 0 Å². The van der Waals surface area contributed by atoms with Gasteiger partial charge in [0.15, 0.2) is 0 Å². The summed E-state index contributed by atoms with van der Waals surface area (Å²) in [5.74, 6) is 2.36. The lowest BCUT2D eigenvalue weighted by molar-refractivity contribution is -0.128. The maximum absolute atomic E-state index is 10.9. The van der Waals surface area contributed by atoms with Crippen LogP contribution < -0.4 is 0 Å². The molecule has 0 unspecified atom stereocenters. The average Bonchev–Trinajstić information content (AvgIpc) is 1.88. The van der Waals surface area contributed by atoms with Gasteiger partial charge in [0.05, 0.1) is 0 Å². The molecule has 2 heteroatoms. The quantitative estimate of drug-likeness (QED) is 0.418. The first-order valence-corrected chi connectivity index (χ1v) is 3.28. The van der Waals surface area contributed by atoms with Crippen molar-refractivity contribution < 1.29 is 4.79 Å². The molecule has 0 rings (SSSR count). The SMILES string of the molecule is [C]#CCCCC(=O)N(C)C. The molecule has 0 spiro atoms. The molecule has 1 radical (unpaired) electrons. The summed E-state index contributed by atoms with van der Waals surface area (Å²) in [6.07, 6.45) is 8.43. The van der Waals surface area contributed by atoms with E-state index in [0.29, 0.717) is 12.8 Å². The second kappa shape index (κ2) is 4.87. The summed E-state index contributed by atoms with van der Waals surface area (Å²) in [7, 11) is 3.47. The van der Waals surface area contributed by atoms with Gasteiger partial charge in [0.25, 0.3) is 0 Å². The standard InChI is InChI=1S/C8H12NO/c1-4-5-6-7-8(10)9(2)3/h5-7H2,2-3H3. The lowest BCUT2D eigenvalue weighted by Gasteiger charge is -2.08. The van der Waals surface area contributed by atoms with Crippen LogP contribution in [0.15, 0.2) is 0 Å². The predicted molar refractivity (Wildman–Crippen MR) is 39.7 cm³/mol. The van der Waals surface area contributed by atoms with E-state index in [2.05, 4.69) is 5.92 Å². The summed E-state index contributed by atoms with van der Waals surface area (Å²) < 4.78 is 0. The third-order valence-corrected chi connectivity index (χ3v) is 1.19. The molecule has 0 aromatic carbocycles. The van der Waals surface area contributed by atoms with Gasteiger partial charge in [0.1, 0.15) is 0 Å². The van der Waals surface area contributed by atoms with E-state index in [1.54, 1.807) is 19.0 Å². The van der Waals surface area contributed by atoms with Crippen LogP contribution in [0.25, 0.3) is 0 Å². The highest BCUT2D eigenvalue weighted by molar-refractivity contribution is 5.75. The highest BCUT2D eigenvalue weighted by Crippen LogP contribution is 1.95. The number of nitrogens with zero attached hydrogens (tertiary/aromatic N) is 1. The van der Waals surface area contributed by atoms with Crippen molar-refractivity contribution in [1.29, 1.82) is 0 Å². The number of amides is 1. The molecule has 0 aliphatic heterocycles. The largest absolute Gasteiger partial charge is 0.349 e. The van der Waals surface area contributed by atoms with Gasteiger partial charge in [-0.2, -0.15) is 0 Å². The molecule has 0 aromatic rings. The predicted octanol–water partition coefficient (Wildman–Crippen LogP) is 0.835. The summed E-state index contributed by atoms with van der Waals surface area (Å²) in [6.45, 7) is 0. The number of hydrogen-bond acceptors (Lipinski definition) is 1. The van der Waals surface area contributed by atoms with Crippen molar-refractivity contribution >= 4 is 5.91 Å². The van der Waals surface area contributed by atoms with Crippen LogP contribution in [0, 0.1) is 12.3 Å². The summed E-state index contributed by atoms with van der Waals surface area (Å²) in [5, 5.41) is 0. The van der Waals surface area contributed by atoms with Crippen LogP contribution in [-0.4, -0.2) is 24.9 Å². The molecule has 0 atom stereocenters. The van der Waals surface area contributed by atoms with Gasteiger partial charge in [-0.25, -0.2) is 0 Å². The number of carbonyl (C=O) groups excluding carboxylic acids is 1. The fraction of sp³-hybridized carbons (Fsp3) is 0.625. The van der Waals surface area contributed by atoms with E-state index in [-0.39, 0.29) is 5.91 Å². The summed E-state index contributed by atoms with van der Waals surface area (Å²) in [6, 6.07) is 0. The Balaban J connectivity index is 3.33. The number of carbonyl (C=O) groups is 1. The van der Waals surface area contributed by atoms with Crippen LogP contribution in [0.1, 0.15) is 19.3 Å². The Bertz CT molecular complexity index is 144. The van der Waals surface area contributed by atoms with E-state index in [4.69, 9.17) is 6.42 Å². The van der Waals surface area contributed by atoms with Gasteiger partial charge >= 0.3 is 0 Å². The van der Waals surface area contributed by atoms with Crippen molar-refractivity contribution in [3.05, 3.63) is 6.42 Å². The molecular formula is C8H12NO. The second-order valence-electron chi connectivity index (χ2n) is 2.32. The van der Waals surface area contributed by atoms with Crippen LogP contribution in [0.4, 0.5) is 0 Å². The molecule has 0 N–H and O–H groups in total. The van der Waals surface area contributed by atoms with Crippen molar-refractivity contribution in [2.24, 2.45) is 0 Å². The monoisotopic (exact) mass is 138 g/mol. The summed E-state index contributed by atoms with van der Waals surface area (Å²) >= 11 is 0. The molecule has 0 heterocycles. The van der Waals surface area contributed by atoms with E-state index in [0.717, 1.165) is 6.42 Å². The van der Waals surface area contributed by atoms with Crippen molar-refractivity contribution in [3.8, 4) is 5.92 Å². The highest BCUT2D eigenvalue weighted by Gasteiger charge is 2.00. The topological polar surface area (TPSA) is 20.3 Å². The minimum absolute atomic E-state index is 0.121. The lowest BCUT2D eigenvalue weighted by atomic mass is 10.2. The first-order chi connectivity index (χ1) is 4.68. The third kappa shape index (κ3) is 3.96.